The van der Waals surface area contributed by atoms with E-state index >= 15 is 0 Å². The van der Waals surface area contributed by atoms with Crippen molar-refractivity contribution in [2.45, 2.75) is 23.2 Å². The number of benzene rings is 1. The molecule has 2 rings (SSSR count). The number of rotatable bonds is 0. The van der Waals surface area contributed by atoms with E-state index in [4.69, 9.17) is 3.76 Å². The van der Waals surface area contributed by atoms with E-state index in [1.54, 1.807) is 0 Å². The Balaban J connectivity index is 2.35. The summed E-state index contributed by atoms with van der Waals surface area (Å²) in [5, 5.41) is 1.30. The normalized spacial score (nSPS) is 19.5. The van der Waals surface area contributed by atoms with Crippen LogP contribution in [0.3, 0.4) is 0 Å². The van der Waals surface area contributed by atoms with Crippen molar-refractivity contribution in [3.8, 4) is 5.75 Å². The molecule has 0 radical (unpaired) electrons. The molecule has 1 aliphatic heterocycles. The Hall–Kier alpha value is -0.437. The average molecular weight is 223 g/mol. The molecule has 0 atom stereocenters. The SMILES string of the molecule is [CH3][Ge]1([CH3])[CH2]Cc2ccccc2[O]1. The van der Waals surface area contributed by atoms with Crippen molar-refractivity contribution in [3.63, 3.8) is 0 Å². The van der Waals surface area contributed by atoms with Gasteiger partial charge in [0.2, 0.25) is 0 Å². The molecule has 0 bridgehead atoms. The van der Waals surface area contributed by atoms with Crippen LogP contribution in [0.5, 0.6) is 5.75 Å². The third-order valence-electron chi connectivity index (χ3n) is 2.36. The maximum atomic E-state index is 6.01. The van der Waals surface area contributed by atoms with Gasteiger partial charge in [-0.05, 0) is 0 Å². The van der Waals surface area contributed by atoms with Gasteiger partial charge in [-0.15, -0.1) is 0 Å². The van der Waals surface area contributed by atoms with Crippen molar-refractivity contribution in [2.75, 3.05) is 0 Å². The standard InChI is InChI=1S/C10H14GeO/c1-11(2)8-7-9-5-3-4-6-10(9)12-11/h3-6H,7-8H2,1-2H3. The third kappa shape index (κ3) is 1.51. The van der Waals surface area contributed by atoms with Crippen LogP contribution in [0.15, 0.2) is 24.3 Å². The summed E-state index contributed by atoms with van der Waals surface area (Å²) in [5.41, 5.74) is 1.39. The van der Waals surface area contributed by atoms with Crippen molar-refractivity contribution in [1.82, 2.24) is 0 Å². The summed E-state index contributed by atoms with van der Waals surface area (Å²) in [4.78, 5) is 0. The topological polar surface area (TPSA) is 9.23 Å². The molecule has 1 aliphatic rings. The van der Waals surface area contributed by atoms with E-state index < -0.39 is 13.6 Å². The summed E-state index contributed by atoms with van der Waals surface area (Å²) in [7, 11) is 0. The third-order valence-corrected chi connectivity index (χ3v) is 7.03. The van der Waals surface area contributed by atoms with Gasteiger partial charge in [-0.2, -0.15) is 0 Å². The monoisotopic (exact) mass is 224 g/mol. The molecule has 0 N–H and O–H groups in total. The number of aryl methyl sites for hydroxylation is 1. The maximum absolute atomic E-state index is 6.01. The second-order valence-electron chi connectivity index (χ2n) is 3.97. The van der Waals surface area contributed by atoms with Crippen LogP contribution in [-0.4, -0.2) is 13.6 Å². The molecule has 1 aromatic carbocycles. The second kappa shape index (κ2) is 2.80. The summed E-state index contributed by atoms with van der Waals surface area (Å²) in [5.74, 6) is 5.81. The van der Waals surface area contributed by atoms with Crippen molar-refractivity contribution >= 4 is 13.6 Å². The first-order valence-electron chi connectivity index (χ1n) is 4.44. The van der Waals surface area contributed by atoms with Gasteiger partial charge < -0.3 is 0 Å². The van der Waals surface area contributed by atoms with Crippen molar-refractivity contribution < 1.29 is 3.76 Å². The van der Waals surface area contributed by atoms with Gasteiger partial charge in [0.05, 0.1) is 0 Å². The number of hydrogen-bond acceptors (Lipinski definition) is 1. The van der Waals surface area contributed by atoms with E-state index in [0.29, 0.717) is 0 Å². The molecule has 1 heterocycles. The summed E-state index contributed by atoms with van der Waals surface area (Å²) >= 11 is -1.82. The molecule has 64 valence electrons. The second-order valence-corrected chi connectivity index (χ2v) is 12.8. The average Bonchev–Trinajstić information content (AvgIpc) is 2.02. The van der Waals surface area contributed by atoms with Crippen LogP contribution >= 0.6 is 0 Å². The molecule has 0 unspecified atom stereocenters. The van der Waals surface area contributed by atoms with Gasteiger partial charge in [0.25, 0.3) is 0 Å². The van der Waals surface area contributed by atoms with Crippen LogP contribution in [0.1, 0.15) is 5.56 Å². The Morgan fingerprint density at radius 2 is 2.00 bits per heavy atom. The van der Waals surface area contributed by atoms with E-state index in [1.807, 2.05) is 0 Å². The fourth-order valence-corrected chi connectivity index (χ4v) is 5.30. The summed E-state index contributed by atoms with van der Waals surface area (Å²) < 4.78 is 6.01. The predicted molar refractivity (Wildman–Crippen MR) is 53.1 cm³/mol. The molecular weight excluding hydrogens is 209 g/mol. The molecule has 0 aromatic heterocycles. The van der Waals surface area contributed by atoms with Gasteiger partial charge in [0, 0.05) is 0 Å². The Labute approximate surface area is 76.4 Å². The minimum atomic E-state index is -1.82. The fourth-order valence-electron chi connectivity index (χ4n) is 1.59. The van der Waals surface area contributed by atoms with E-state index in [-0.39, 0.29) is 0 Å². The molecular formula is C10H14GeO. The zero-order valence-corrected chi connectivity index (χ0v) is 9.73. The summed E-state index contributed by atoms with van der Waals surface area (Å²) in [6.45, 7) is 0. The number of fused-ring (bicyclic) bond motifs is 1. The Kier molecular flexibility index (Phi) is 1.91. The Morgan fingerprint density at radius 1 is 1.25 bits per heavy atom. The molecule has 12 heavy (non-hydrogen) atoms. The van der Waals surface area contributed by atoms with Gasteiger partial charge >= 0.3 is 76.1 Å². The molecule has 0 saturated carbocycles. The first-order valence-corrected chi connectivity index (χ1v) is 11.0. The van der Waals surface area contributed by atoms with Crippen molar-refractivity contribution in [1.29, 1.82) is 0 Å². The van der Waals surface area contributed by atoms with Crippen LogP contribution < -0.4 is 3.76 Å². The first kappa shape index (κ1) is 8.17. The number of hydrogen-bond donors (Lipinski definition) is 0. The minimum absolute atomic E-state index is 1.15. The zero-order valence-electron chi connectivity index (χ0n) is 7.63. The zero-order chi connectivity index (χ0) is 8.60. The predicted octanol–water partition coefficient (Wildman–Crippen LogP) is 2.83. The molecule has 0 aliphatic carbocycles. The van der Waals surface area contributed by atoms with Gasteiger partial charge in [0.15, 0.2) is 0 Å². The van der Waals surface area contributed by atoms with Crippen LogP contribution in [0.25, 0.3) is 0 Å². The van der Waals surface area contributed by atoms with Gasteiger partial charge in [0.1, 0.15) is 0 Å². The van der Waals surface area contributed by atoms with Gasteiger partial charge in [-0.3, -0.25) is 0 Å². The van der Waals surface area contributed by atoms with Gasteiger partial charge in [-0.1, -0.05) is 0 Å². The van der Waals surface area contributed by atoms with Gasteiger partial charge in [-0.25, -0.2) is 0 Å². The molecule has 1 nitrogen and oxygen atoms in total. The van der Waals surface area contributed by atoms with E-state index in [0.717, 1.165) is 5.75 Å². The van der Waals surface area contributed by atoms with Crippen molar-refractivity contribution in [3.05, 3.63) is 29.8 Å². The molecule has 0 spiro atoms. The van der Waals surface area contributed by atoms with Crippen LogP contribution in [0, 0.1) is 0 Å². The molecule has 1 aromatic rings. The quantitative estimate of drug-likeness (QED) is 0.614. The molecule has 0 amide bonds. The molecule has 0 fully saturated rings. The van der Waals surface area contributed by atoms with Crippen molar-refractivity contribution in [2.24, 2.45) is 0 Å². The fraction of sp³-hybridized carbons (Fsp3) is 0.400. The molecule has 0 saturated heterocycles. The Morgan fingerprint density at radius 3 is 2.83 bits per heavy atom. The first-order chi connectivity index (χ1) is 5.67. The number of para-hydroxylation sites is 1. The van der Waals surface area contributed by atoms with Crippen LogP contribution in [0.4, 0.5) is 0 Å². The Bertz CT molecular complexity index is 294. The van der Waals surface area contributed by atoms with Crippen LogP contribution in [0.2, 0.25) is 16.8 Å². The summed E-state index contributed by atoms with van der Waals surface area (Å²) in [6.07, 6.45) is 1.23. The van der Waals surface area contributed by atoms with Crippen LogP contribution in [-0.2, 0) is 6.42 Å². The molecule has 2 heteroatoms. The van der Waals surface area contributed by atoms with E-state index in [9.17, 15) is 0 Å². The van der Waals surface area contributed by atoms with E-state index in [1.165, 1.54) is 17.2 Å². The van der Waals surface area contributed by atoms with E-state index in [2.05, 4.69) is 35.8 Å². The summed E-state index contributed by atoms with van der Waals surface area (Å²) in [6, 6.07) is 8.42.